The van der Waals surface area contributed by atoms with E-state index in [4.69, 9.17) is 4.74 Å². The van der Waals surface area contributed by atoms with Crippen molar-refractivity contribution in [3.63, 3.8) is 0 Å². The molecule has 1 fully saturated rings. The molecule has 0 unspecified atom stereocenters. The number of pyridine rings is 1. The zero-order valence-electron chi connectivity index (χ0n) is 17.6. The van der Waals surface area contributed by atoms with Crippen molar-refractivity contribution in [2.75, 3.05) is 26.7 Å². The number of carbonyl (C=O) groups is 3. The lowest BCUT2D eigenvalue weighted by Crippen LogP contribution is -2.42. The molecule has 1 N–H and O–H groups in total. The summed E-state index contributed by atoms with van der Waals surface area (Å²) in [7, 11) is 1.34. The lowest BCUT2D eigenvalue weighted by atomic mass is 10.1. The van der Waals surface area contributed by atoms with E-state index >= 15 is 0 Å². The minimum atomic E-state index is -0.300. The molecule has 8 heteroatoms. The predicted octanol–water partition coefficient (Wildman–Crippen LogP) is 2.45. The van der Waals surface area contributed by atoms with Gasteiger partial charge in [0.1, 0.15) is 11.9 Å². The highest BCUT2D eigenvalue weighted by molar-refractivity contribution is 5.97. The van der Waals surface area contributed by atoms with Crippen LogP contribution in [0.4, 0.5) is 0 Å². The molecule has 2 aromatic rings. The molecule has 0 radical (unpaired) electrons. The summed E-state index contributed by atoms with van der Waals surface area (Å²) in [5.41, 5.74) is 1.03. The first-order chi connectivity index (χ1) is 15.1. The molecule has 8 nitrogen and oxygen atoms in total. The number of likely N-dealkylation sites (tertiary alicyclic amines) is 1. The fraction of sp³-hybridized carbons (Fsp3) is 0.391. The quantitative estimate of drug-likeness (QED) is 0.515. The van der Waals surface area contributed by atoms with Gasteiger partial charge in [-0.25, -0.2) is 0 Å². The minimum Gasteiger partial charge on any atom is -0.489 e. The summed E-state index contributed by atoms with van der Waals surface area (Å²) in [6.45, 7) is 1.54. The molecule has 1 aromatic heterocycles. The number of benzene rings is 1. The van der Waals surface area contributed by atoms with Crippen molar-refractivity contribution in [2.24, 2.45) is 0 Å². The van der Waals surface area contributed by atoms with Crippen LogP contribution in [0.1, 0.15) is 46.4 Å². The summed E-state index contributed by atoms with van der Waals surface area (Å²) in [4.78, 5) is 42.1. The molecule has 0 spiro atoms. The highest BCUT2D eigenvalue weighted by Crippen LogP contribution is 2.24. The summed E-state index contributed by atoms with van der Waals surface area (Å²) in [5.74, 6) is -0.0562. The molecule has 0 atom stereocenters. The van der Waals surface area contributed by atoms with Crippen LogP contribution < -0.4 is 10.1 Å². The maximum absolute atomic E-state index is 12.6. The number of aromatic nitrogens is 1. The van der Waals surface area contributed by atoms with Crippen LogP contribution in [-0.4, -0.2) is 60.5 Å². The van der Waals surface area contributed by atoms with E-state index in [1.165, 1.54) is 7.11 Å². The molecule has 2 heterocycles. The van der Waals surface area contributed by atoms with Gasteiger partial charge in [-0.2, -0.15) is 0 Å². The topological polar surface area (TPSA) is 97.8 Å². The number of nitrogens with zero attached hydrogens (tertiary/aromatic N) is 2. The Hall–Kier alpha value is -3.42. The summed E-state index contributed by atoms with van der Waals surface area (Å²) in [5, 5.41) is 2.81. The number of ether oxygens (including phenoxy) is 2. The molecular formula is C23H27N3O5. The van der Waals surface area contributed by atoms with Crippen molar-refractivity contribution < 1.29 is 23.9 Å². The number of hydrogen-bond acceptors (Lipinski definition) is 6. The van der Waals surface area contributed by atoms with Gasteiger partial charge in [-0.05, 0) is 30.7 Å². The summed E-state index contributed by atoms with van der Waals surface area (Å²) >= 11 is 0. The number of para-hydroxylation sites is 1. The van der Waals surface area contributed by atoms with Crippen LogP contribution in [0.3, 0.4) is 0 Å². The monoisotopic (exact) mass is 425 g/mol. The van der Waals surface area contributed by atoms with Gasteiger partial charge in [0, 0.05) is 51.3 Å². The van der Waals surface area contributed by atoms with Gasteiger partial charge in [-0.3, -0.25) is 19.4 Å². The van der Waals surface area contributed by atoms with Gasteiger partial charge in [0.15, 0.2) is 0 Å². The first-order valence-corrected chi connectivity index (χ1v) is 10.4. The van der Waals surface area contributed by atoms with E-state index in [2.05, 4.69) is 15.0 Å². The van der Waals surface area contributed by atoms with E-state index in [0.29, 0.717) is 55.8 Å². The van der Waals surface area contributed by atoms with Gasteiger partial charge in [0.25, 0.3) is 11.8 Å². The van der Waals surface area contributed by atoms with E-state index in [1.54, 1.807) is 47.6 Å². The van der Waals surface area contributed by atoms with Crippen LogP contribution in [0, 0.1) is 0 Å². The number of amides is 2. The molecule has 31 heavy (non-hydrogen) atoms. The first kappa shape index (κ1) is 22.3. The maximum atomic E-state index is 12.6. The van der Waals surface area contributed by atoms with Crippen molar-refractivity contribution in [2.45, 2.75) is 31.8 Å². The maximum Gasteiger partial charge on any atom is 0.305 e. The Morgan fingerprint density at radius 3 is 2.61 bits per heavy atom. The molecule has 3 rings (SSSR count). The van der Waals surface area contributed by atoms with Crippen molar-refractivity contribution in [1.29, 1.82) is 0 Å². The Morgan fingerprint density at radius 2 is 1.90 bits per heavy atom. The Morgan fingerprint density at radius 1 is 1.13 bits per heavy atom. The van der Waals surface area contributed by atoms with E-state index in [0.717, 1.165) is 0 Å². The zero-order valence-corrected chi connectivity index (χ0v) is 17.6. The summed E-state index contributed by atoms with van der Waals surface area (Å²) < 4.78 is 10.7. The smallest absolute Gasteiger partial charge is 0.305 e. The second-order valence-electron chi connectivity index (χ2n) is 7.28. The normalized spacial score (nSPS) is 14.0. The molecule has 1 saturated heterocycles. The van der Waals surface area contributed by atoms with E-state index < -0.39 is 0 Å². The van der Waals surface area contributed by atoms with E-state index in [1.807, 2.05) is 6.07 Å². The summed E-state index contributed by atoms with van der Waals surface area (Å²) in [6.07, 6.45) is 5.26. The lowest BCUT2D eigenvalue weighted by Gasteiger charge is -2.32. The molecule has 2 amide bonds. The molecule has 1 aromatic carbocycles. The number of rotatable bonds is 8. The third kappa shape index (κ3) is 6.28. The molecule has 1 aliphatic rings. The van der Waals surface area contributed by atoms with Crippen LogP contribution in [-0.2, 0) is 9.53 Å². The third-order valence-corrected chi connectivity index (χ3v) is 5.13. The zero-order chi connectivity index (χ0) is 22.1. The number of hydrogen-bond donors (Lipinski definition) is 1. The lowest BCUT2D eigenvalue weighted by molar-refractivity contribution is -0.140. The van der Waals surface area contributed by atoms with Crippen molar-refractivity contribution >= 4 is 17.8 Å². The Balaban J connectivity index is 1.51. The van der Waals surface area contributed by atoms with Crippen LogP contribution in [0.25, 0.3) is 0 Å². The number of methoxy groups -OCH3 is 1. The standard InChI is InChI=1S/C23H27N3O5/c1-30-21(27)9-5-13-25-22(28)19-7-2-3-8-20(19)31-18-10-14-26(15-11-18)23(29)17-6-4-12-24-16-17/h2-4,6-8,12,16,18H,5,9-11,13-15H2,1H3,(H,25,28). The number of carbonyl (C=O) groups excluding carboxylic acids is 3. The molecular weight excluding hydrogens is 398 g/mol. The first-order valence-electron chi connectivity index (χ1n) is 10.4. The number of nitrogens with one attached hydrogen (secondary N) is 1. The molecule has 0 saturated carbocycles. The highest BCUT2D eigenvalue weighted by atomic mass is 16.5. The van der Waals surface area contributed by atoms with Gasteiger partial charge in [0.2, 0.25) is 0 Å². The van der Waals surface area contributed by atoms with Crippen molar-refractivity contribution in [3.8, 4) is 5.75 Å². The second kappa shape index (κ2) is 11.1. The SMILES string of the molecule is COC(=O)CCCNC(=O)c1ccccc1OC1CCN(C(=O)c2cccnc2)CC1. The molecule has 164 valence electrons. The average molecular weight is 425 g/mol. The van der Waals surface area contributed by atoms with Gasteiger partial charge in [-0.1, -0.05) is 12.1 Å². The summed E-state index contributed by atoms with van der Waals surface area (Å²) in [6, 6.07) is 10.6. The fourth-order valence-electron chi connectivity index (χ4n) is 3.42. The number of piperidine rings is 1. The largest absolute Gasteiger partial charge is 0.489 e. The predicted molar refractivity (Wildman–Crippen MR) is 114 cm³/mol. The Kier molecular flexibility index (Phi) is 7.98. The average Bonchev–Trinajstić information content (AvgIpc) is 2.82. The van der Waals surface area contributed by atoms with Crippen molar-refractivity contribution in [3.05, 3.63) is 59.9 Å². The van der Waals surface area contributed by atoms with Crippen LogP contribution >= 0.6 is 0 Å². The van der Waals surface area contributed by atoms with Gasteiger partial charge in [-0.15, -0.1) is 0 Å². The fourth-order valence-corrected chi connectivity index (χ4v) is 3.42. The van der Waals surface area contributed by atoms with E-state index in [-0.39, 0.29) is 30.3 Å². The third-order valence-electron chi connectivity index (χ3n) is 5.13. The minimum absolute atomic E-state index is 0.0294. The van der Waals surface area contributed by atoms with Gasteiger partial charge >= 0.3 is 5.97 Å². The van der Waals surface area contributed by atoms with Crippen LogP contribution in [0.15, 0.2) is 48.8 Å². The van der Waals surface area contributed by atoms with E-state index in [9.17, 15) is 14.4 Å². The molecule has 0 bridgehead atoms. The highest BCUT2D eigenvalue weighted by Gasteiger charge is 2.26. The molecule has 0 aliphatic carbocycles. The number of esters is 1. The van der Waals surface area contributed by atoms with Gasteiger partial charge in [0.05, 0.1) is 18.2 Å². The Bertz CT molecular complexity index is 895. The second-order valence-corrected chi connectivity index (χ2v) is 7.28. The van der Waals surface area contributed by atoms with Crippen molar-refractivity contribution in [1.82, 2.24) is 15.2 Å². The Labute approximate surface area is 181 Å². The van der Waals surface area contributed by atoms with Gasteiger partial charge < -0.3 is 19.7 Å². The molecule has 1 aliphatic heterocycles. The van der Waals surface area contributed by atoms with Crippen LogP contribution in [0.2, 0.25) is 0 Å². The van der Waals surface area contributed by atoms with Crippen LogP contribution in [0.5, 0.6) is 5.75 Å².